The van der Waals surface area contributed by atoms with Crippen LogP contribution in [0.3, 0.4) is 0 Å². The molecule has 1 aliphatic rings. The van der Waals surface area contributed by atoms with Gasteiger partial charge in [0.25, 0.3) is 0 Å². The number of piperidine rings is 1. The molecule has 0 saturated carbocycles. The third-order valence-corrected chi connectivity index (χ3v) is 6.19. The first-order valence-electron chi connectivity index (χ1n) is 11.2. The van der Waals surface area contributed by atoms with E-state index in [1.807, 2.05) is 17.0 Å². The lowest BCUT2D eigenvalue weighted by atomic mass is 9.95. The van der Waals surface area contributed by atoms with Crippen molar-refractivity contribution in [3.8, 4) is 5.75 Å². The zero-order valence-corrected chi connectivity index (χ0v) is 20.6. The van der Waals surface area contributed by atoms with Crippen molar-refractivity contribution in [3.05, 3.63) is 29.8 Å². The fourth-order valence-electron chi connectivity index (χ4n) is 4.25. The Hall–Kier alpha value is -1.79. The lowest BCUT2D eigenvalue weighted by Crippen LogP contribution is -2.43. The van der Waals surface area contributed by atoms with E-state index in [-0.39, 0.29) is 30.1 Å². The Labute approximate surface area is 194 Å². The number of likely N-dealkylation sites (tertiary alicyclic amines) is 1. The van der Waals surface area contributed by atoms with Crippen molar-refractivity contribution in [2.75, 3.05) is 47.4 Å². The first-order valence-corrected chi connectivity index (χ1v) is 11.2. The zero-order valence-electron chi connectivity index (χ0n) is 19.8. The summed E-state index contributed by atoms with van der Waals surface area (Å²) in [6.07, 6.45) is 4.00. The summed E-state index contributed by atoms with van der Waals surface area (Å²) in [6.45, 7) is 7.74. The minimum atomic E-state index is 0. The van der Waals surface area contributed by atoms with Crippen molar-refractivity contribution in [2.24, 2.45) is 5.92 Å². The SMILES string of the molecule is CCN(CCCC(=O)N1CCC(C(=O)N(C)C)CC1)[C@@H](C)Cc1ccc(OC)cc1.Cl. The Kier molecular flexibility index (Phi) is 11.9. The lowest BCUT2D eigenvalue weighted by molar-refractivity contribution is -0.139. The summed E-state index contributed by atoms with van der Waals surface area (Å²) in [5.41, 5.74) is 1.30. The molecule has 31 heavy (non-hydrogen) atoms. The van der Waals surface area contributed by atoms with Gasteiger partial charge in [0.05, 0.1) is 7.11 Å². The Morgan fingerprint density at radius 2 is 1.77 bits per heavy atom. The second kappa shape index (κ2) is 13.6. The first kappa shape index (κ1) is 27.2. The van der Waals surface area contributed by atoms with Gasteiger partial charge in [0.15, 0.2) is 0 Å². The molecule has 1 heterocycles. The van der Waals surface area contributed by atoms with E-state index in [9.17, 15) is 9.59 Å². The topological polar surface area (TPSA) is 53.1 Å². The molecule has 0 radical (unpaired) electrons. The second-order valence-corrected chi connectivity index (χ2v) is 8.52. The van der Waals surface area contributed by atoms with Crippen LogP contribution in [0.1, 0.15) is 45.1 Å². The fourth-order valence-corrected chi connectivity index (χ4v) is 4.25. The summed E-state index contributed by atoms with van der Waals surface area (Å²) in [6, 6.07) is 8.68. The Morgan fingerprint density at radius 1 is 1.16 bits per heavy atom. The number of hydrogen-bond donors (Lipinski definition) is 0. The maximum Gasteiger partial charge on any atom is 0.225 e. The second-order valence-electron chi connectivity index (χ2n) is 8.52. The molecule has 7 heteroatoms. The molecular formula is C24H40ClN3O3. The molecule has 1 saturated heterocycles. The normalized spacial score (nSPS) is 15.4. The summed E-state index contributed by atoms with van der Waals surface area (Å²) in [4.78, 5) is 30.7. The van der Waals surface area contributed by atoms with Crippen LogP contribution in [0.2, 0.25) is 0 Å². The first-order chi connectivity index (χ1) is 14.3. The average molecular weight is 454 g/mol. The predicted molar refractivity (Wildman–Crippen MR) is 128 cm³/mol. The Balaban J connectivity index is 0.00000480. The molecule has 1 aliphatic heterocycles. The van der Waals surface area contributed by atoms with Gasteiger partial charge in [0.2, 0.25) is 11.8 Å². The van der Waals surface area contributed by atoms with Gasteiger partial charge in [-0.25, -0.2) is 0 Å². The summed E-state index contributed by atoms with van der Waals surface area (Å²) in [5.74, 6) is 1.36. The Morgan fingerprint density at radius 3 is 2.29 bits per heavy atom. The highest BCUT2D eigenvalue weighted by atomic mass is 35.5. The van der Waals surface area contributed by atoms with Crippen molar-refractivity contribution in [1.82, 2.24) is 14.7 Å². The van der Waals surface area contributed by atoms with Crippen molar-refractivity contribution in [3.63, 3.8) is 0 Å². The quantitative estimate of drug-likeness (QED) is 0.544. The molecule has 2 rings (SSSR count). The van der Waals surface area contributed by atoms with Crippen LogP contribution < -0.4 is 4.74 Å². The zero-order chi connectivity index (χ0) is 22.1. The summed E-state index contributed by atoms with van der Waals surface area (Å²) in [5, 5.41) is 0. The lowest BCUT2D eigenvalue weighted by Gasteiger charge is -2.33. The van der Waals surface area contributed by atoms with E-state index in [4.69, 9.17) is 4.74 Å². The van der Waals surface area contributed by atoms with Gasteiger partial charge in [-0.1, -0.05) is 19.1 Å². The van der Waals surface area contributed by atoms with Crippen LogP contribution in [0.5, 0.6) is 5.75 Å². The highest BCUT2D eigenvalue weighted by molar-refractivity contribution is 5.85. The highest BCUT2D eigenvalue weighted by Crippen LogP contribution is 2.20. The predicted octanol–water partition coefficient (Wildman–Crippen LogP) is 3.48. The number of carbonyl (C=O) groups excluding carboxylic acids is 2. The number of halogens is 1. The third-order valence-electron chi connectivity index (χ3n) is 6.19. The fraction of sp³-hybridized carbons (Fsp3) is 0.667. The van der Waals surface area contributed by atoms with Crippen molar-refractivity contribution >= 4 is 24.2 Å². The molecular weight excluding hydrogens is 414 g/mol. The molecule has 176 valence electrons. The van der Waals surface area contributed by atoms with E-state index in [2.05, 4.69) is 30.9 Å². The average Bonchev–Trinajstić information content (AvgIpc) is 2.76. The molecule has 0 unspecified atom stereocenters. The van der Waals surface area contributed by atoms with E-state index in [1.54, 1.807) is 26.1 Å². The Bertz CT molecular complexity index is 673. The van der Waals surface area contributed by atoms with E-state index in [0.29, 0.717) is 25.6 Å². The number of ether oxygens (including phenoxy) is 1. The summed E-state index contributed by atoms with van der Waals surface area (Å²) < 4.78 is 5.23. The molecule has 0 bridgehead atoms. The van der Waals surface area contributed by atoms with Gasteiger partial charge in [-0.2, -0.15) is 0 Å². The molecule has 1 aromatic rings. The van der Waals surface area contributed by atoms with Crippen molar-refractivity contribution in [2.45, 2.75) is 52.0 Å². The van der Waals surface area contributed by atoms with E-state index in [0.717, 1.165) is 44.5 Å². The van der Waals surface area contributed by atoms with E-state index >= 15 is 0 Å². The molecule has 0 aliphatic carbocycles. The standard InChI is InChI=1S/C24H39N3O3.ClH/c1-6-26(19(2)18-20-9-11-22(30-5)12-10-20)15-7-8-23(28)27-16-13-21(14-17-27)24(29)25(3)4;/h9-12,19,21H,6-8,13-18H2,1-5H3;1H/t19-;/m0./s1. The van der Waals surface area contributed by atoms with Gasteiger partial charge in [0, 0.05) is 45.6 Å². The molecule has 1 aromatic carbocycles. The third kappa shape index (κ3) is 8.34. The maximum atomic E-state index is 12.6. The van der Waals surface area contributed by atoms with Crippen LogP contribution >= 0.6 is 12.4 Å². The number of methoxy groups -OCH3 is 1. The number of carbonyl (C=O) groups is 2. The molecule has 1 fully saturated rings. The number of nitrogens with zero attached hydrogens (tertiary/aromatic N) is 3. The van der Waals surface area contributed by atoms with Gasteiger partial charge < -0.3 is 19.4 Å². The van der Waals surface area contributed by atoms with Crippen LogP contribution in [0, 0.1) is 5.92 Å². The molecule has 0 aromatic heterocycles. The largest absolute Gasteiger partial charge is 0.497 e. The van der Waals surface area contributed by atoms with Gasteiger partial charge >= 0.3 is 0 Å². The van der Waals surface area contributed by atoms with Gasteiger partial charge in [-0.15, -0.1) is 12.4 Å². The highest BCUT2D eigenvalue weighted by Gasteiger charge is 2.28. The van der Waals surface area contributed by atoms with Gasteiger partial charge in [-0.3, -0.25) is 9.59 Å². The van der Waals surface area contributed by atoms with E-state index < -0.39 is 0 Å². The molecule has 2 amide bonds. The van der Waals surface area contributed by atoms with Crippen LogP contribution in [-0.4, -0.2) is 79.9 Å². The minimum absolute atomic E-state index is 0. The van der Waals surface area contributed by atoms with Crippen molar-refractivity contribution < 1.29 is 14.3 Å². The maximum absolute atomic E-state index is 12.6. The number of hydrogen-bond acceptors (Lipinski definition) is 4. The molecule has 0 spiro atoms. The molecule has 6 nitrogen and oxygen atoms in total. The summed E-state index contributed by atoms with van der Waals surface area (Å²) >= 11 is 0. The summed E-state index contributed by atoms with van der Waals surface area (Å²) in [7, 11) is 5.28. The van der Waals surface area contributed by atoms with Crippen molar-refractivity contribution in [1.29, 1.82) is 0 Å². The minimum Gasteiger partial charge on any atom is -0.497 e. The van der Waals surface area contributed by atoms with Crippen LogP contribution in [0.15, 0.2) is 24.3 Å². The number of amides is 2. The molecule has 1 atom stereocenters. The van der Waals surface area contributed by atoms with E-state index in [1.165, 1.54) is 5.56 Å². The monoisotopic (exact) mass is 453 g/mol. The van der Waals surface area contributed by atoms with Crippen LogP contribution in [0.4, 0.5) is 0 Å². The number of rotatable bonds is 10. The van der Waals surface area contributed by atoms with Gasteiger partial charge in [-0.05, 0) is 63.4 Å². The number of likely N-dealkylation sites (N-methyl/N-ethyl adjacent to an activating group) is 1. The number of benzene rings is 1. The molecule has 0 N–H and O–H groups in total. The van der Waals surface area contributed by atoms with Crippen LogP contribution in [-0.2, 0) is 16.0 Å². The van der Waals surface area contributed by atoms with Crippen LogP contribution in [0.25, 0.3) is 0 Å². The smallest absolute Gasteiger partial charge is 0.225 e. The van der Waals surface area contributed by atoms with Gasteiger partial charge in [0.1, 0.15) is 5.75 Å².